The third-order valence-corrected chi connectivity index (χ3v) is 2.18. The maximum atomic E-state index is 11.7. The van der Waals surface area contributed by atoms with Crippen molar-refractivity contribution in [3.8, 4) is 0 Å². The van der Waals surface area contributed by atoms with E-state index in [0.717, 1.165) is 0 Å². The SMILES string of the molecule is CC(C)N(C(=O)CC[C@H](C)O)C(C)C. The molecule has 0 aromatic heterocycles. The van der Waals surface area contributed by atoms with Crippen molar-refractivity contribution in [2.45, 2.75) is 65.6 Å². The Morgan fingerprint density at radius 2 is 1.57 bits per heavy atom. The van der Waals surface area contributed by atoms with Crippen LogP contribution in [0.5, 0.6) is 0 Å². The number of carbonyl (C=O) groups excluding carboxylic acids is 1. The summed E-state index contributed by atoms with van der Waals surface area (Å²) in [5, 5.41) is 9.09. The lowest BCUT2D eigenvalue weighted by Crippen LogP contribution is -2.42. The maximum absolute atomic E-state index is 11.7. The van der Waals surface area contributed by atoms with Crippen LogP contribution in [0.2, 0.25) is 0 Å². The van der Waals surface area contributed by atoms with E-state index in [1.807, 2.05) is 32.6 Å². The van der Waals surface area contributed by atoms with Gasteiger partial charge in [-0.05, 0) is 41.0 Å². The Hall–Kier alpha value is -0.570. The van der Waals surface area contributed by atoms with E-state index >= 15 is 0 Å². The van der Waals surface area contributed by atoms with Crippen LogP contribution in [0.3, 0.4) is 0 Å². The molecular formula is C11H23NO2. The Kier molecular flexibility index (Phi) is 5.77. The molecule has 0 aromatic rings. The van der Waals surface area contributed by atoms with Gasteiger partial charge in [0.15, 0.2) is 0 Å². The first-order valence-electron chi connectivity index (χ1n) is 5.35. The molecule has 0 fully saturated rings. The summed E-state index contributed by atoms with van der Waals surface area (Å²) in [6, 6.07) is 0.466. The second kappa shape index (κ2) is 6.02. The molecule has 0 saturated heterocycles. The monoisotopic (exact) mass is 201 g/mol. The van der Waals surface area contributed by atoms with Gasteiger partial charge in [-0.3, -0.25) is 4.79 Å². The molecule has 0 heterocycles. The Morgan fingerprint density at radius 3 is 1.86 bits per heavy atom. The van der Waals surface area contributed by atoms with E-state index in [0.29, 0.717) is 12.8 Å². The maximum Gasteiger partial charge on any atom is 0.223 e. The minimum absolute atomic E-state index is 0.135. The molecule has 0 radical (unpaired) electrons. The van der Waals surface area contributed by atoms with Crippen LogP contribution in [-0.4, -0.2) is 34.1 Å². The highest BCUT2D eigenvalue weighted by Gasteiger charge is 2.19. The lowest BCUT2D eigenvalue weighted by molar-refractivity contribution is -0.135. The Bertz CT molecular complexity index is 168. The van der Waals surface area contributed by atoms with Crippen molar-refractivity contribution in [2.75, 3.05) is 0 Å². The molecule has 1 N–H and O–H groups in total. The average molecular weight is 201 g/mol. The number of aliphatic hydroxyl groups is 1. The van der Waals surface area contributed by atoms with Gasteiger partial charge in [-0.1, -0.05) is 0 Å². The van der Waals surface area contributed by atoms with Crippen molar-refractivity contribution >= 4 is 5.91 Å². The first kappa shape index (κ1) is 13.4. The van der Waals surface area contributed by atoms with Crippen molar-refractivity contribution < 1.29 is 9.90 Å². The van der Waals surface area contributed by atoms with E-state index in [1.54, 1.807) is 6.92 Å². The van der Waals surface area contributed by atoms with Crippen LogP contribution in [0.15, 0.2) is 0 Å². The first-order chi connectivity index (χ1) is 6.36. The lowest BCUT2D eigenvalue weighted by atomic mass is 10.1. The number of aliphatic hydroxyl groups excluding tert-OH is 1. The molecule has 1 atom stereocenters. The number of hydrogen-bond acceptors (Lipinski definition) is 2. The van der Waals surface area contributed by atoms with E-state index in [4.69, 9.17) is 5.11 Å². The fraction of sp³-hybridized carbons (Fsp3) is 0.909. The smallest absolute Gasteiger partial charge is 0.223 e. The van der Waals surface area contributed by atoms with Crippen molar-refractivity contribution in [1.29, 1.82) is 0 Å². The fourth-order valence-electron chi connectivity index (χ4n) is 1.63. The van der Waals surface area contributed by atoms with Gasteiger partial charge in [-0.2, -0.15) is 0 Å². The number of rotatable bonds is 5. The average Bonchev–Trinajstić information content (AvgIpc) is 1.99. The van der Waals surface area contributed by atoms with Crippen LogP contribution in [-0.2, 0) is 4.79 Å². The molecule has 3 nitrogen and oxygen atoms in total. The predicted molar refractivity (Wildman–Crippen MR) is 58.0 cm³/mol. The van der Waals surface area contributed by atoms with Crippen LogP contribution in [0.1, 0.15) is 47.5 Å². The van der Waals surface area contributed by atoms with Gasteiger partial charge in [-0.15, -0.1) is 0 Å². The molecule has 0 aliphatic carbocycles. The lowest BCUT2D eigenvalue weighted by Gasteiger charge is -2.31. The predicted octanol–water partition coefficient (Wildman–Crippen LogP) is 1.79. The number of nitrogens with zero attached hydrogens (tertiary/aromatic N) is 1. The summed E-state index contributed by atoms with van der Waals surface area (Å²) in [4.78, 5) is 13.6. The zero-order chi connectivity index (χ0) is 11.3. The number of carbonyl (C=O) groups is 1. The van der Waals surface area contributed by atoms with Crippen LogP contribution >= 0.6 is 0 Å². The molecule has 0 spiro atoms. The Morgan fingerprint density at radius 1 is 1.14 bits per heavy atom. The van der Waals surface area contributed by atoms with Crippen LogP contribution in [0.25, 0.3) is 0 Å². The standard InChI is InChI=1S/C11H23NO2/c1-8(2)12(9(3)4)11(14)7-6-10(5)13/h8-10,13H,6-7H2,1-5H3/t10-/m0/s1. The van der Waals surface area contributed by atoms with Gasteiger partial charge in [0.25, 0.3) is 0 Å². The minimum atomic E-state index is -0.389. The summed E-state index contributed by atoms with van der Waals surface area (Å²) in [5.41, 5.74) is 0. The highest BCUT2D eigenvalue weighted by Crippen LogP contribution is 2.09. The normalized spacial score (nSPS) is 13.4. The summed E-state index contributed by atoms with van der Waals surface area (Å²) in [7, 11) is 0. The van der Waals surface area contributed by atoms with Gasteiger partial charge >= 0.3 is 0 Å². The first-order valence-corrected chi connectivity index (χ1v) is 5.35. The zero-order valence-electron chi connectivity index (χ0n) is 9.95. The molecule has 0 aliphatic heterocycles. The highest BCUT2D eigenvalue weighted by atomic mass is 16.3. The van der Waals surface area contributed by atoms with Gasteiger partial charge in [0.2, 0.25) is 5.91 Å². The minimum Gasteiger partial charge on any atom is -0.393 e. The van der Waals surface area contributed by atoms with Gasteiger partial charge in [0, 0.05) is 18.5 Å². The second-order valence-corrected chi connectivity index (χ2v) is 4.38. The van der Waals surface area contributed by atoms with E-state index in [-0.39, 0.29) is 24.1 Å². The van der Waals surface area contributed by atoms with E-state index < -0.39 is 0 Å². The number of amides is 1. The summed E-state index contributed by atoms with van der Waals surface area (Å²) < 4.78 is 0. The van der Waals surface area contributed by atoms with E-state index in [9.17, 15) is 4.79 Å². The molecule has 0 unspecified atom stereocenters. The molecule has 0 aliphatic rings. The van der Waals surface area contributed by atoms with Crippen molar-refractivity contribution in [2.24, 2.45) is 0 Å². The van der Waals surface area contributed by atoms with E-state index in [1.165, 1.54) is 0 Å². The van der Waals surface area contributed by atoms with Crippen molar-refractivity contribution in [1.82, 2.24) is 4.90 Å². The quantitative estimate of drug-likeness (QED) is 0.736. The zero-order valence-corrected chi connectivity index (χ0v) is 9.95. The molecule has 3 heteroatoms. The molecular weight excluding hydrogens is 178 g/mol. The highest BCUT2D eigenvalue weighted by molar-refractivity contribution is 5.76. The van der Waals surface area contributed by atoms with Gasteiger partial charge < -0.3 is 10.0 Å². The van der Waals surface area contributed by atoms with Crippen LogP contribution in [0.4, 0.5) is 0 Å². The molecule has 0 rings (SSSR count). The summed E-state index contributed by atoms with van der Waals surface area (Å²) in [5.74, 6) is 0.135. The summed E-state index contributed by atoms with van der Waals surface area (Å²) in [6.45, 7) is 9.77. The molecule has 1 amide bonds. The van der Waals surface area contributed by atoms with Gasteiger partial charge in [0.05, 0.1) is 6.10 Å². The van der Waals surface area contributed by atoms with Gasteiger partial charge in [0.1, 0.15) is 0 Å². The topological polar surface area (TPSA) is 40.5 Å². The summed E-state index contributed by atoms with van der Waals surface area (Å²) in [6.07, 6.45) is 0.600. The van der Waals surface area contributed by atoms with E-state index in [2.05, 4.69) is 0 Å². The van der Waals surface area contributed by atoms with Crippen LogP contribution < -0.4 is 0 Å². The molecule has 0 saturated carbocycles. The van der Waals surface area contributed by atoms with Crippen molar-refractivity contribution in [3.63, 3.8) is 0 Å². The van der Waals surface area contributed by atoms with Gasteiger partial charge in [-0.25, -0.2) is 0 Å². The molecule has 0 bridgehead atoms. The third kappa shape index (κ3) is 4.61. The largest absolute Gasteiger partial charge is 0.393 e. The fourth-order valence-corrected chi connectivity index (χ4v) is 1.63. The third-order valence-electron chi connectivity index (χ3n) is 2.18. The molecule has 0 aromatic carbocycles. The molecule has 84 valence electrons. The Balaban J connectivity index is 4.17. The Labute approximate surface area is 87.1 Å². The summed E-state index contributed by atoms with van der Waals surface area (Å²) >= 11 is 0. The number of hydrogen-bond donors (Lipinski definition) is 1. The van der Waals surface area contributed by atoms with Crippen LogP contribution in [0, 0.1) is 0 Å². The van der Waals surface area contributed by atoms with Crippen molar-refractivity contribution in [3.05, 3.63) is 0 Å². The second-order valence-electron chi connectivity index (χ2n) is 4.38. The molecule has 14 heavy (non-hydrogen) atoms.